The maximum absolute atomic E-state index is 13.7. The highest BCUT2D eigenvalue weighted by molar-refractivity contribution is 7.99. The van der Waals surface area contributed by atoms with E-state index < -0.39 is 29.9 Å². The molecule has 0 spiro atoms. The van der Waals surface area contributed by atoms with Crippen LogP contribution in [-0.2, 0) is 24.7 Å². The van der Waals surface area contributed by atoms with Gasteiger partial charge >= 0.3 is 11.9 Å². The summed E-state index contributed by atoms with van der Waals surface area (Å²) in [6, 6.07) is 9.75. The van der Waals surface area contributed by atoms with E-state index in [1.807, 2.05) is 12.5 Å². The van der Waals surface area contributed by atoms with Crippen LogP contribution < -0.4 is 9.47 Å². The van der Waals surface area contributed by atoms with E-state index in [0.717, 1.165) is 9.79 Å². The van der Waals surface area contributed by atoms with Crippen molar-refractivity contribution in [2.45, 2.75) is 35.2 Å². The minimum absolute atomic E-state index is 0.0128. The van der Waals surface area contributed by atoms with Crippen LogP contribution in [0.1, 0.15) is 35.7 Å². The first-order valence-electron chi connectivity index (χ1n) is 11.3. The number of ketones is 1. The molecule has 0 fully saturated rings. The molecule has 2 aromatic carbocycles. The second kappa shape index (κ2) is 14.1. The maximum Gasteiger partial charge on any atom is 0.333 e. The SMILES string of the molecule is C=C(C)C(=O)OCCCC(=O)OCC(O)(C(=O)c1ccc(SC)c(OC)c1)c1ccc(SC)c(OC)c1. The average Bonchev–Trinajstić information content (AvgIpc) is 2.92. The molecule has 0 saturated heterocycles. The molecule has 0 aliphatic rings. The molecule has 8 nitrogen and oxygen atoms in total. The van der Waals surface area contributed by atoms with Gasteiger partial charge in [0.1, 0.15) is 18.1 Å². The molecule has 2 aromatic rings. The van der Waals surface area contributed by atoms with Crippen molar-refractivity contribution in [3.63, 3.8) is 0 Å². The van der Waals surface area contributed by atoms with Gasteiger partial charge in [-0.25, -0.2) is 4.79 Å². The Morgan fingerprint density at radius 3 is 2.11 bits per heavy atom. The number of carbonyl (C=O) groups is 3. The highest BCUT2D eigenvalue weighted by Gasteiger charge is 2.41. The lowest BCUT2D eigenvalue weighted by Gasteiger charge is -2.28. The Kier molecular flexibility index (Phi) is 11.5. The summed E-state index contributed by atoms with van der Waals surface area (Å²) in [5.74, 6) is -0.908. The summed E-state index contributed by atoms with van der Waals surface area (Å²) >= 11 is 2.91. The van der Waals surface area contributed by atoms with Crippen LogP contribution in [0.3, 0.4) is 0 Å². The van der Waals surface area contributed by atoms with E-state index >= 15 is 0 Å². The largest absolute Gasteiger partial charge is 0.496 e. The van der Waals surface area contributed by atoms with Gasteiger partial charge in [-0.05, 0) is 61.8 Å². The molecular formula is C27H32O8S2. The van der Waals surface area contributed by atoms with Crippen molar-refractivity contribution in [3.8, 4) is 11.5 Å². The van der Waals surface area contributed by atoms with E-state index in [0.29, 0.717) is 11.5 Å². The highest BCUT2D eigenvalue weighted by Crippen LogP contribution is 2.36. The Morgan fingerprint density at radius 1 is 0.946 bits per heavy atom. The van der Waals surface area contributed by atoms with Crippen LogP contribution >= 0.6 is 23.5 Å². The van der Waals surface area contributed by atoms with Crippen LogP contribution in [0.4, 0.5) is 0 Å². The molecule has 0 bridgehead atoms. The summed E-state index contributed by atoms with van der Waals surface area (Å²) in [4.78, 5) is 39.2. The lowest BCUT2D eigenvalue weighted by molar-refractivity contribution is -0.150. The number of hydrogen-bond acceptors (Lipinski definition) is 10. The number of ether oxygens (including phenoxy) is 4. The van der Waals surface area contributed by atoms with Crippen LogP contribution in [0.25, 0.3) is 0 Å². The summed E-state index contributed by atoms with van der Waals surface area (Å²) in [5.41, 5.74) is -1.54. The Bertz CT molecular complexity index is 1150. The molecule has 0 radical (unpaired) electrons. The van der Waals surface area contributed by atoms with Gasteiger partial charge in [-0.1, -0.05) is 12.6 Å². The number of hydrogen-bond donors (Lipinski definition) is 1. The van der Waals surface area contributed by atoms with Gasteiger partial charge in [-0.2, -0.15) is 0 Å². The third kappa shape index (κ3) is 7.77. The molecule has 0 aliphatic carbocycles. The first-order chi connectivity index (χ1) is 17.6. The number of aliphatic hydroxyl groups is 1. The lowest BCUT2D eigenvalue weighted by atomic mass is 9.86. The zero-order valence-corrected chi connectivity index (χ0v) is 23.3. The Morgan fingerprint density at radius 2 is 1.54 bits per heavy atom. The monoisotopic (exact) mass is 548 g/mol. The number of esters is 2. The van der Waals surface area contributed by atoms with Crippen molar-refractivity contribution < 1.29 is 38.4 Å². The molecule has 0 heterocycles. The summed E-state index contributed by atoms with van der Waals surface area (Å²) in [5, 5.41) is 11.7. The van der Waals surface area contributed by atoms with Crippen molar-refractivity contribution in [3.05, 3.63) is 59.7 Å². The van der Waals surface area contributed by atoms with E-state index in [2.05, 4.69) is 6.58 Å². The highest BCUT2D eigenvalue weighted by atomic mass is 32.2. The zero-order chi connectivity index (χ0) is 27.6. The summed E-state index contributed by atoms with van der Waals surface area (Å²) in [6.07, 6.45) is 3.91. The maximum atomic E-state index is 13.7. The number of thioether (sulfide) groups is 2. The lowest BCUT2D eigenvalue weighted by Crippen LogP contribution is -2.41. The Labute approximate surface area is 225 Å². The molecule has 0 saturated carbocycles. The van der Waals surface area contributed by atoms with Gasteiger partial charge in [0.25, 0.3) is 0 Å². The Hall–Kier alpha value is -2.95. The zero-order valence-electron chi connectivity index (χ0n) is 21.6. The molecule has 0 amide bonds. The van der Waals surface area contributed by atoms with Crippen LogP contribution in [0.5, 0.6) is 11.5 Å². The van der Waals surface area contributed by atoms with Gasteiger partial charge in [-0.15, -0.1) is 23.5 Å². The molecular weight excluding hydrogens is 516 g/mol. The van der Waals surface area contributed by atoms with Gasteiger partial charge in [0, 0.05) is 27.3 Å². The Balaban J connectivity index is 2.31. The minimum Gasteiger partial charge on any atom is -0.496 e. The molecule has 0 aromatic heterocycles. The molecule has 2 rings (SSSR count). The van der Waals surface area contributed by atoms with Crippen molar-refractivity contribution >= 4 is 41.2 Å². The molecule has 37 heavy (non-hydrogen) atoms. The van der Waals surface area contributed by atoms with Crippen molar-refractivity contribution in [1.29, 1.82) is 0 Å². The summed E-state index contributed by atoms with van der Waals surface area (Å²) in [7, 11) is 2.99. The van der Waals surface area contributed by atoms with Gasteiger partial charge < -0.3 is 24.1 Å². The summed E-state index contributed by atoms with van der Waals surface area (Å²) in [6.45, 7) is 4.41. The van der Waals surface area contributed by atoms with E-state index in [4.69, 9.17) is 18.9 Å². The topological polar surface area (TPSA) is 108 Å². The standard InChI is InChI=1S/C27H32O8S2/c1-17(2)26(30)34-13-7-8-24(28)35-16-27(31,19-10-12-23(37-6)21(15-19)33-4)25(29)18-9-11-22(36-5)20(14-18)32-3/h9-12,14-15,31H,1,7-8,13,16H2,2-6H3. The quantitative estimate of drug-likeness (QED) is 0.118. The van der Waals surface area contributed by atoms with Crippen LogP contribution in [0.2, 0.25) is 0 Å². The number of Topliss-reactive ketones (excluding diaryl/α,β-unsaturated/α-hetero) is 1. The number of benzene rings is 2. The normalized spacial score (nSPS) is 12.3. The third-order valence-electron chi connectivity index (χ3n) is 5.43. The molecule has 200 valence electrons. The van der Waals surface area contributed by atoms with Gasteiger partial charge in [-0.3, -0.25) is 9.59 Å². The average molecular weight is 549 g/mol. The molecule has 1 N–H and O–H groups in total. The summed E-state index contributed by atoms with van der Waals surface area (Å²) < 4.78 is 21.1. The fourth-order valence-corrected chi connectivity index (χ4v) is 4.45. The van der Waals surface area contributed by atoms with Gasteiger partial charge in [0.05, 0.1) is 20.8 Å². The first kappa shape index (κ1) is 30.3. The smallest absolute Gasteiger partial charge is 0.333 e. The molecule has 10 heteroatoms. The second-order valence-electron chi connectivity index (χ2n) is 8.01. The van der Waals surface area contributed by atoms with E-state index in [9.17, 15) is 19.5 Å². The third-order valence-corrected chi connectivity index (χ3v) is 6.99. The van der Waals surface area contributed by atoms with Crippen molar-refractivity contribution in [2.75, 3.05) is 39.9 Å². The fraction of sp³-hybridized carbons (Fsp3) is 0.370. The predicted octanol–water partition coefficient (Wildman–Crippen LogP) is 4.66. The van der Waals surface area contributed by atoms with Crippen LogP contribution in [0.15, 0.2) is 58.3 Å². The molecule has 1 unspecified atom stereocenters. The number of carbonyl (C=O) groups excluding carboxylic acids is 3. The fourth-order valence-electron chi connectivity index (χ4n) is 3.35. The van der Waals surface area contributed by atoms with E-state index in [-0.39, 0.29) is 36.1 Å². The molecule has 1 atom stereocenters. The van der Waals surface area contributed by atoms with Gasteiger partial charge in [0.15, 0.2) is 5.60 Å². The van der Waals surface area contributed by atoms with Crippen molar-refractivity contribution in [1.82, 2.24) is 0 Å². The van der Waals surface area contributed by atoms with E-state index in [1.54, 1.807) is 36.4 Å². The number of rotatable bonds is 14. The number of methoxy groups -OCH3 is 2. The van der Waals surface area contributed by atoms with Gasteiger partial charge in [0.2, 0.25) is 5.78 Å². The predicted molar refractivity (Wildman–Crippen MR) is 144 cm³/mol. The minimum atomic E-state index is -2.20. The van der Waals surface area contributed by atoms with Crippen LogP contribution in [-0.4, -0.2) is 62.8 Å². The van der Waals surface area contributed by atoms with Crippen LogP contribution in [0, 0.1) is 0 Å². The van der Waals surface area contributed by atoms with Crippen molar-refractivity contribution in [2.24, 2.45) is 0 Å². The molecule has 0 aliphatic heterocycles. The van der Waals surface area contributed by atoms with E-state index in [1.165, 1.54) is 44.7 Å². The second-order valence-corrected chi connectivity index (χ2v) is 9.71. The first-order valence-corrected chi connectivity index (χ1v) is 13.8.